The van der Waals surface area contributed by atoms with Crippen LogP contribution in [0, 0.1) is 16.9 Å². The van der Waals surface area contributed by atoms with Crippen LogP contribution in [0.1, 0.15) is 60.8 Å². The molecule has 0 aromatic rings. The summed E-state index contributed by atoms with van der Waals surface area (Å²) in [5, 5.41) is 11.8. The van der Waals surface area contributed by atoms with Gasteiger partial charge in [-0.15, -0.1) is 0 Å². The number of hydrogen-bond acceptors (Lipinski definition) is 4. The molecule has 0 unspecified atom stereocenters. The molecule has 1 fully saturated rings. The molecule has 2 amide bonds. The van der Waals surface area contributed by atoms with Gasteiger partial charge in [-0.05, 0) is 45.4 Å². The maximum absolute atomic E-state index is 12.6. The fraction of sp³-hybridized carbons (Fsp3) is 0.812. The molecule has 1 saturated carbocycles. The van der Waals surface area contributed by atoms with Crippen molar-refractivity contribution in [2.75, 3.05) is 0 Å². The van der Waals surface area contributed by atoms with Gasteiger partial charge in [-0.2, -0.15) is 5.26 Å². The van der Waals surface area contributed by atoms with Crippen molar-refractivity contribution in [2.24, 2.45) is 5.41 Å². The summed E-state index contributed by atoms with van der Waals surface area (Å²) in [4.78, 5) is 25.7. The monoisotopic (exact) mass is 309 g/mol. The van der Waals surface area contributed by atoms with Crippen LogP contribution in [0.4, 0.5) is 4.79 Å². The predicted molar refractivity (Wildman–Crippen MR) is 82.7 cm³/mol. The third-order valence-corrected chi connectivity index (χ3v) is 3.06. The fourth-order valence-corrected chi connectivity index (χ4v) is 2.07. The minimum atomic E-state index is -0.755. The van der Waals surface area contributed by atoms with Crippen molar-refractivity contribution >= 4 is 12.0 Å². The standard InChI is InChI=1S/C16H27N3O3/c1-15(2,3)9-12(18-14(21)22-16(4,5)6)13(20)19(10-17)11-7-8-11/h11-12H,7-9H2,1-6H3,(H,18,21)/t12-/m0/s1. The van der Waals surface area contributed by atoms with Crippen molar-refractivity contribution < 1.29 is 14.3 Å². The average molecular weight is 309 g/mol. The Morgan fingerprint density at radius 3 is 2.18 bits per heavy atom. The molecule has 1 rings (SSSR count). The van der Waals surface area contributed by atoms with Gasteiger partial charge in [0, 0.05) is 6.04 Å². The Bertz CT molecular complexity index is 464. The summed E-state index contributed by atoms with van der Waals surface area (Å²) < 4.78 is 5.22. The molecule has 1 atom stereocenters. The average Bonchev–Trinajstić information content (AvgIpc) is 3.08. The maximum Gasteiger partial charge on any atom is 0.408 e. The van der Waals surface area contributed by atoms with Crippen LogP contribution < -0.4 is 5.32 Å². The van der Waals surface area contributed by atoms with E-state index in [1.807, 2.05) is 27.0 Å². The molecule has 0 aromatic carbocycles. The van der Waals surface area contributed by atoms with E-state index in [1.165, 1.54) is 4.90 Å². The first-order valence-electron chi connectivity index (χ1n) is 7.65. The summed E-state index contributed by atoms with van der Waals surface area (Å²) >= 11 is 0. The van der Waals surface area contributed by atoms with Gasteiger partial charge in [0.15, 0.2) is 6.19 Å². The first kappa shape index (κ1) is 18.3. The van der Waals surface area contributed by atoms with Gasteiger partial charge in [-0.1, -0.05) is 20.8 Å². The van der Waals surface area contributed by atoms with E-state index in [1.54, 1.807) is 20.8 Å². The Labute approximate surface area is 132 Å². The van der Waals surface area contributed by atoms with E-state index in [2.05, 4.69) is 5.32 Å². The smallest absolute Gasteiger partial charge is 0.408 e. The normalized spacial score (nSPS) is 16.4. The SMILES string of the molecule is CC(C)(C)C[C@H](NC(=O)OC(C)(C)C)C(=O)N(C#N)C1CC1. The van der Waals surface area contributed by atoms with Crippen molar-refractivity contribution in [3.63, 3.8) is 0 Å². The third kappa shape index (κ3) is 6.33. The van der Waals surface area contributed by atoms with E-state index in [-0.39, 0.29) is 17.4 Å². The lowest BCUT2D eigenvalue weighted by molar-refractivity contribution is -0.131. The molecule has 0 heterocycles. The van der Waals surface area contributed by atoms with Gasteiger partial charge in [0.05, 0.1) is 0 Å². The van der Waals surface area contributed by atoms with Crippen LogP contribution in [-0.2, 0) is 9.53 Å². The summed E-state index contributed by atoms with van der Waals surface area (Å²) in [6.07, 6.45) is 3.43. The molecular weight excluding hydrogens is 282 g/mol. The van der Waals surface area contributed by atoms with Crippen molar-refractivity contribution in [1.29, 1.82) is 5.26 Å². The molecule has 22 heavy (non-hydrogen) atoms. The number of carbonyl (C=O) groups excluding carboxylic acids is 2. The highest BCUT2D eigenvalue weighted by Gasteiger charge is 2.38. The van der Waals surface area contributed by atoms with Crippen LogP contribution in [0.3, 0.4) is 0 Å². The Balaban J connectivity index is 2.81. The fourth-order valence-electron chi connectivity index (χ4n) is 2.07. The van der Waals surface area contributed by atoms with Gasteiger partial charge >= 0.3 is 6.09 Å². The van der Waals surface area contributed by atoms with E-state index in [0.717, 1.165) is 12.8 Å². The van der Waals surface area contributed by atoms with Crippen LogP contribution in [0.5, 0.6) is 0 Å². The molecule has 0 radical (unpaired) electrons. The van der Waals surface area contributed by atoms with E-state index in [9.17, 15) is 14.9 Å². The minimum Gasteiger partial charge on any atom is -0.444 e. The minimum absolute atomic E-state index is 0.0135. The zero-order valence-electron chi connectivity index (χ0n) is 14.4. The Morgan fingerprint density at radius 2 is 1.82 bits per heavy atom. The predicted octanol–water partition coefficient (Wildman–Crippen LogP) is 2.79. The van der Waals surface area contributed by atoms with E-state index < -0.39 is 17.7 Å². The summed E-state index contributed by atoms with van der Waals surface area (Å²) in [7, 11) is 0. The molecule has 0 spiro atoms. The second kappa shape index (κ2) is 6.55. The number of nitrogens with one attached hydrogen (secondary N) is 1. The second-order valence-corrected chi connectivity index (χ2v) is 8.00. The van der Waals surface area contributed by atoms with Crippen LogP contribution in [0.25, 0.3) is 0 Å². The number of hydrogen-bond donors (Lipinski definition) is 1. The lowest BCUT2D eigenvalue weighted by Crippen LogP contribution is -2.50. The Kier molecular flexibility index (Phi) is 5.44. The topological polar surface area (TPSA) is 82.4 Å². The molecule has 124 valence electrons. The van der Waals surface area contributed by atoms with Crippen LogP contribution in [0.2, 0.25) is 0 Å². The van der Waals surface area contributed by atoms with Crippen LogP contribution in [-0.4, -0.2) is 34.6 Å². The molecule has 6 heteroatoms. The largest absolute Gasteiger partial charge is 0.444 e. The highest BCUT2D eigenvalue weighted by atomic mass is 16.6. The molecule has 0 aliphatic heterocycles. The van der Waals surface area contributed by atoms with Crippen molar-refractivity contribution in [3.8, 4) is 6.19 Å². The number of nitrogens with zero attached hydrogens (tertiary/aromatic N) is 2. The van der Waals surface area contributed by atoms with Crippen LogP contribution >= 0.6 is 0 Å². The van der Waals surface area contributed by atoms with Gasteiger partial charge in [0.2, 0.25) is 0 Å². The first-order valence-corrected chi connectivity index (χ1v) is 7.65. The third-order valence-electron chi connectivity index (χ3n) is 3.06. The molecule has 0 bridgehead atoms. The van der Waals surface area contributed by atoms with Crippen molar-refractivity contribution in [2.45, 2.75) is 78.5 Å². The Hall–Kier alpha value is -1.77. The number of ether oxygens (including phenoxy) is 1. The number of rotatable bonds is 4. The summed E-state index contributed by atoms with van der Waals surface area (Å²) in [6.45, 7) is 11.2. The molecule has 0 saturated heterocycles. The maximum atomic E-state index is 12.6. The zero-order chi connectivity index (χ0) is 17.1. The van der Waals surface area contributed by atoms with E-state index in [4.69, 9.17) is 4.74 Å². The zero-order valence-corrected chi connectivity index (χ0v) is 14.4. The number of carbonyl (C=O) groups is 2. The van der Waals surface area contributed by atoms with Gasteiger partial charge in [-0.25, -0.2) is 9.69 Å². The first-order chi connectivity index (χ1) is 9.93. The van der Waals surface area contributed by atoms with Crippen molar-refractivity contribution in [3.05, 3.63) is 0 Å². The number of alkyl carbamates (subject to hydrolysis) is 1. The lowest BCUT2D eigenvalue weighted by atomic mass is 9.87. The van der Waals surface area contributed by atoms with Gasteiger partial charge in [0.25, 0.3) is 5.91 Å². The number of amides is 2. The molecular formula is C16H27N3O3. The molecule has 6 nitrogen and oxygen atoms in total. The van der Waals surface area contributed by atoms with Gasteiger partial charge in [0.1, 0.15) is 11.6 Å². The summed E-state index contributed by atoms with van der Waals surface area (Å²) in [5.41, 5.74) is -0.801. The van der Waals surface area contributed by atoms with Gasteiger partial charge in [-0.3, -0.25) is 4.79 Å². The lowest BCUT2D eigenvalue weighted by Gasteiger charge is -2.29. The molecule has 0 aromatic heterocycles. The quantitative estimate of drug-likeness (QED) is 0.639. The number of nitriles is 1. The van der Waals surface area contributed by atoms with E-state index >= 15 is 0 Å². The highest BCUT2D eigenvalue weighted by molar-refractivity contribution is 5.87. The van der Waals surface area contributed by atoms with Gasteiger partial charge < -0.3 is 10.1 Å². The van der Waals surface area contributed by atoms with Crippen molar-refractivity contribution in [1.82, 2.24) is 10.2 Å². The highest BCUT2D eigenvalue weighted by Crippen LogP contribution is 2.29. The van der Waals surface area contributed by atoms with Crippen LogP contribution in [0.15, 0.2) is 0 Å². The van der Waals surface area contributed by atoms with E-state index in [0.29, 0.717) is 6.42 Å². The molecule has 1 aliphatic rings. The Morgan fingerprint density at radius 1 is 1.27 bits per heavy atom. The molecule has 1 N–H and O–H groups in total. The molecule has 1 aliphatic carbocycles. The summed E-state index contributed by atoms with van der Waals surface area (Å²) in [5.74, 6) is -0.356. The summed E-state index contributed by atoms with van der Waals surface area (Å²) in [6, 6.07) is -0.768. The second-order valence-electron chi connectivity index (χ2n) is 8.00.